The van der Waals surface area contributed by atoms with Gasteiger partial charge in [0.2, 0.25) is 17.7 Å². The van der Waals surface area contributed by atoms with Gasteiger partial charge >= 0.3 is 11.9 Å². The van der Waals surface area contributed by atoms with Crippen molar-refractivity contribution < 1.29 is 76.7 Å². The normalized spacial score (nSPS) is 16.7. The second-order valence-corrected chi connectivity index (χ2v) is 12.4. The Morgan fingerprint density at radius 3 is 1.51 bits per heavy atom. The molecular weight excluding hydrogens is 764 g/mol. The van der Waals surface area contributed by atoms with E-state index in [4.69, 9.17) is 14.4 Å². The molecule has 24 heteroatoms. The number of hydroxylamine groups is 4. The van der Waals surface area contributed by atoms with Gasteiger partial charge in [-0.05, 0) is 12.8 Å². The number of hydrogen-bond acceptors (Lipinski definition) is 16. The molecule has 4 heterocycles. The molecule has 0 aliphatic carbocycles. The number of nitrogens with one attached hydrogen (secondary N) is 2. The number of ether oxygens (including phenoxy) is 1. The number of carbonyl (C=O) groups is 13. The van der Waals surface area contributed by atoms with Gasteiger partial charge in [0.25, 0.3) is 47.3 Å². The summed E-state index contributed by atoms with van der Waals surface area (Å²) in [6.07, 6.45) is 2.98. The molecule has 0 atom stereocenters. The molecule has 2 fully saturated rings. The predicted octanol–water partition coefficient (Wildman–Crippen LogP) is -4.14. The molecule has 0 aromatic carbocycles. The zero-order chi connectivity index (χ0) is 41.6. The molecule has 2 N–H and O–H groups in total. The molecular formula is C33H38N8O16. The van der Waals surface area contributed by atoms with Crippen LogP contribution in [0.1, 0.15) is 51.4 Å². The first-order chi connectivity index (χ1) is 27.1. The molecule has 0 aromatic rings. The molecule has 4 aliphatic heterocycles. The lowest BCUT2D eigenvalue weighted by Gasteiger charge is -2.35. The highest BCUT2D eigenvalue weighted by atomic mass is 16.7. The number of carbonyl (C=O) groups excluding carboxylic acids is 13. The molecule has 0 unspecified atom stereocenters. The van der Waals surface area contributed by atoms with Crippen LogP contribution in [0, 0.1) is 0 Å². The largest absolute Gasteiger partial charge is 0.357 e. The Balaban J connectivity index is 1.44. The average Bonchev–Trinajstić information content (AvgIpc) is 3.71. The number of rotatable bonds is 18. The molecule has 4 rings (SSSR count). The van der Waals surface area contributed by atoms with Crippen LogP contribution in [0.25, 0.3) is 0 Å². The Labute approximate surface area is 322 Å². The highest BCUT2D eigenvalue weighted by Gasteiger charge is 2.36. The van der Waals surface area contributed by atoms with Crippen molar-refractivity contribution in [2.24, 2.45) is 0 Å². The number of hydrogen-bond donors (Lipinski definition) is 2. The van der Waals surface area contributed by atoms with Gasteiger partial charge in [-0.3, -0.25) is 57.6 Å². The first-order valence-electron chi connectivity index (χ1n) is 17.5. The summed E-state index contributed by atoms with van der Waals surface area (Å²) in [5.74, 6) is -11.2. The minimum Gasteiger partial charge on any atom is -0.357 e. The first-order valence-corrected chi connectivity index (χ1v) is 17.5. The minimum absolute atomic E-state index is 0.0314. The number of nitrogens with zero attached hydrogens (tertiary/aromatic N) is 6. The van der Waals surface area contributed by atoms with Crippen LogP contribution >= 0.6 is 0 Å². The summed E-state index contributed by atoms with van der Waals surface area (Å²) in [5, 5.41) is 6.55. The topological polar surface area (TPSA) is 293 Å². The fraction of sp³-hybridized carbons (Fsp3) is 0.485. The van der Waals surface area contributed by atoms with Crippen LogP contribution in [0.15, 0.2) is 24.3 Å². The van der Waals surface area contributed by atoms with Crippen molar-refractivity contribution in [2.75, 3.05) is 52.6 Å². The van der Waals surface area contributed by atoms with Crippen LogP contribution in [0.3, 0.4) is 0 Å². The molecule has 0 saturated carbocycles. The lowest BCUT2D eigenvalue weighted by Crippen LogP contribution is -2.60. The van der Waals surface area contributed by atoms with Gasteiger partial charge in [-0.2, -0.15) is 0 Å². The number of amides is 11. The van der Waals surface area contributed by atoms with Crippen molar-refractivity contribution in [1.29, 1.82) is 0 Å². The highest BCUT2D eigenvalue weighted by Crippen LogP contribution is 2.14. The van der Waals surface area contributed by atoms with Crippen molar-refractivity contribution in [1.82, 2.24) is 40.6 Å². The molecule has 306 valence electrons. The summed E-state index contributed by atoms with van der Waals surface area (Å²) in [7, 11) is 0. The Morgan fingerprint density at radius 1 is 0.614 bits per heavy atom. The third-order valence-electron chi connectivity index (χ3n) is 8.16. The van der Waals surface area contributed by atoms with Crippen LogP contribution in [-0.2, 0) is 76.7 Å². The third kappa shape index (κ3) is 12.3. The van der Waals surface area contributed by atoms with Crippen LogP contribution < -0.4 is 10.6 Å². The van der Waals surface area contributed by atoms with Crippen molar-refractivity contribution in [3.63, 3.8) is 0 Å². The van der Waals surface area contributed by atoms with E-state index in [0.29, 0.717) is 25.0 Å². The molecule has 0 radical (unpaired) electrons. The van der Waals surface area contributed by atoms with Gasteiger partial charge in [0.15, 0.2) is 0 Å². The fourth-order valence-electron chi connectivity index (χ4n) is 5.25. The van der Waals surface area contributed by atoms with Crippen LogP contribution in [0.2, 0.25) is 0 Å². The van der Waals surface area contributed by atoms with Gasteiger partial charge < -0.3 is 29.9 Å². The summed E-state index contributed by atoms with van der Waals surface area (Å²) >= 11 is 0. The van der Waals surface area contributed by atoms with Gasteiger partial charge in [-0.25, -0.2) is 19.6 Å². The quantitative estimate of drug-likeness (QED) is 0.0756. The molecule has 0 aromatic heterocycles. The predicted molar refractivity (Wildman–Crippen MR) is 180 cm³/mol. The molecule has 0 spiro atoms. The highest BCUT2D eigenvalue weighted by molar-refractivity contribution is 6.14. The second-order valence-electron chi connectivity index (χ2n) is 12.4. The molecule has 11 amide bonds. The van der Waals surface area contributed by atoms with Crippen LogP contribution in [0.4, 0.5) is 0 Å². The summed E-state index contributed by atoms with van der Waals surface area (Å²) in [5.41, 5.74) is 0. The van der Waals surface area contributed by atoms with Crippen molar-refractivity contribution in [3.05, 3.63) is 24.3 Å². The van der Waals surface area contributed by atoms with Gasteiger partial charge in [-0.1, -0.05) is 6.08 Å². The second kappa shape index (κ2) is 20.2. The molecule has 57 heavy (non-hydrogen) atoms. The van der Waals surface area contributed by atoms with E-state index in [9.17, 15) is 62.3 Å². The average molecular weight is 803 g/mol. The Bertz CT molecular complexity index is 1740. The van der Waals surface area contributed by atoms with Crippen molar-refractivity contribution >= 4 is 76.9 Å². The first kappa shape index (κ1) is 42.9. The SMILES string of the molecule is O=C(CN(C(=O)CN1COCC=CC1=O)N(CC(=O)NCCCC(=O)ON1C(=O)CCC1=O)C(=O)CN1C(=O)C=CC1=O)NCCCC(=O)ON1C(=O)CCC1=O. The Morgan fingerprint density at radius 2 is 1.05 bits per heavy atom. The lowest BCUT2D eigenvalue weighted by molar-refractivity contribution is -0.197. The Kier molecular flexibility index (Phi) is 15.2. The molecule has 2 saturated heterocycles. The van der Waals surface area contributed by atoms with Crippen LogP contribution in [0.5, 0.6) is 0 Å². The number of imide groups is 3. The summed E-state index contributed by atoms with van der Waals surface area (Å²) in [6, 6.07) is 0. The van der Waals surface area contributed by atoms with E-state index >= 15 is 0 Å². The van der Waals surface area contributed by atoms with E-state index in [2.05, 4.69) is 10.6 Å². The summed E-state index contributed by atoms with van der Waals surface area (Å²) < 4.78 is 5.27. The number of hydrazine groups is 1. The maximum absolute atomic E-state index is 13.8. The lowest BCUT2D eigenvalue weighted by atomic mass is 10.3. The van der Waals surface area contributed by atoms with Gasteiger partial charge in [-0.15, -0.1) is 10.1 Å². The molecule has 0 bridgehead atoms. The van der Waals surface area contributed by atoms with E-state index < -0.39 is 103 Å². The van der Waals surface area contributed by atoms with Gasteiger partial charge in [0, 0.05) is 69.8 Å². The van der Waals surface area contributed by atoms with E-state index in [1.165, 1.54) is 6.08 Å². The summed E-state index contributed by atoms with van der Waals surface area (Å²) in [4.78, 5) is 173. The summed E-state index contributed by atoms with van der Waals surface area (Å²) in [6.45, 7) is -4.53. The Hall–Kier alpha value is -6.85. The zero-order valence-corrected chi connectivity index (χ0v) is 30.3. The smallest absolute Gasteiger partial charge is 0.333 e. The van der Waals surface area contributed by atoms with Crippen LogP contribution in [-0.4, -0.2) is 159 Å². The maximum atomic E-state index is 13.8. The standard InChI is InChI=1S/C33H38N8O16/c42-21(34-13-1-5-32(53)56-40-26(47)9-10-27(40)48)16-38(30(51)18-36-20-55-15-3-4-23(36)44)39(31(52)19-37-24(45)7-8-25(37)46)17-22(43)35-14-2-6-33(54)57-41-28(49)11-12-29(41)50/h3-4,7-8H,1-2,5-6,9-20H2,(H,34,42)(H,35,43). The van der Waals surface area contributed by atoms with Gasteiger partial charge in [0.1, 0.15) is 32.9 Å². The third-order valence-corrected chi connectivity index (χ3v) is 8.16. The molecule has 4 aliphatic rings. The van der Waals surface area contributed by atoms with E-state index in [-0.39, 0.29) is 77.8 Å². The van der Waals surface area contributed by atoms with Gasteiger partial charge in [0.05, 0.1) is 6.61 Å². The zero-order valence-electron chi connectivity index (χ0n) is 30.3. The van der Waals surface area contributed by atoms with E-state index in [1.54, 1.807) is 0 Å². The minimum atomic E-state index is -1.19. The molecule has 24 nitrogen and oxygen atoms in total. The maximum Gasteiger partial charge on any atom is 0.333 e. The van der Waals surface area contributed by atoms with E-state index in [0.717, 1.165) is 23.1 Å². The monoisotopic (exact) mass is 802 g/mol. The van der Waals surface area contributed by atoms with Crippen molar-refractivity contribution in [2.45, 2.75) is 51.4 Å². The van der Waals surface area contributed by atoms with E-state index in [1.807, 2.05) is 0 Å². The fourth-order valence-corrected chi connectivity index (χ4v) is 5.25. The van der Waals surface area contributed by atoms with Crippen molar-refractivity contribution in [3.8, 4) is 0 Å².